The fraction of sp³-hybridized carbons (Fsp3) is 0.231. The number of nitrogens with two attached hydrogens (primary N) is 1. The zero-order valence-corrected chi connectivity index (χ0v) is 8.98. The number of hydrogen-bond donors (Lipinski definition) is 1. The Morgan fingerprint density at radius 1 is 1.13 bits per heavy atom. The molecule has 2 aromatic rings. The fourth-order valence-electron chi connectivity index (χ4n) is 1.78. The maximum atomic E-state index is 5.56. The van der Waals surface area contributed by atoms with E-state index in [0.717, 1.165) is 6.54 Å². The third-order valence-corrected chi connectivity index (χ3v) is 2.59. The molecule has 0 fully saturated rings. The number of benzene rings is 1. The molecule has 0 saturated carbocycles. The Morgan fingerprint density at radius 3 is 2.53 bits per heavy atom. The average Bonchev–Trinajstić information content (AvgIpc) is 2.63. The molecule has 1 heterocycles. The summed E-state index contributed by atoms with van der Waals surface area (Å²) < 4.78 is 2.20. The van der Waals surface area contributed by atoms with Crippen molar-refractivity contribution in [1.29, 1.82) is 0 Å². The van der Waals surface area contributed by atoms with E-state index in [4.69, 9.17) is 5.73 Å². The molecule has 0 aliphatic carbocycles. The van der Waals surface area contributed by atoms with Gasteiger partial charge in [0, 0.05) is 25.0 Å². The van der Waals surface area contributed by atoms with E-state index in [1.54, 1.807) is 0 Å². The predicted octanol–water partition coefficient (Wildman–Crippen LogP) is 2.42. The van der Waals surface area contributed by atoms with Crippen LogP contribution in [0.25, 0.3) is 11.1 Å². The predicted molar refractivity (Wildman–Crippen MR) is 63.7 cm³/mol. The molecule has 1 aromatic carbocycles. The van der Waals surface area contributed by atoms with Crippen molar-refractivity contribution in [2.24, 2.45) is 5.73 Å². The van der Waals surface area contributed by atoms with Gasteiger partial charge in [-0.25, -0.2) is 0 Å². The van der Waals surface area contributed by atoms with Crippen molar-refractivity contribution in [3.8, 4) is 11.1 Å². The summed E-state index contributed by atoms with van der Waals surface area (Å²) in [7, 11) is 0. The van der Waals surface area contributed by atoms with E-state index in [1.165, 1.54) is 16.8 Å². The van der Waals surface area contributed by atoms with Crippen LogP contribution in [0.1, 0.15) is 5.69 Å². The highest BCUT2D eigenvalue weighted by Gasteiger charge is 2.02. The zero-order valence-electron chi connectivity index (χ0n) is 8.98. The van der Waals surface area contributed by atoms with Crippen LogP contribution in [0.15, 0.2) is 42.6 Å². The van der Waals surface area contributed by atoms with Crippen molar-refractivity contribution in [2.45, 2.75) is 13.5 Å². The number of rotatable bonds is 3. The molecule has 0 aliphatic heterocycles. The number of aryl methyl sites for hydroxylation is 1. The standard InChI is InChI=1S/C13H16N2/c1-11-9-13(10-15(11)8-7-14)12-5-3-2-4-6-12/h2-6,9-10H,7-8,14H2,1H3. The number of nitrogens with zero attached hydrogens (tertiary/aromatic N) is 1. The van der Waals surface area contributed by atoms with Crippen LogP contribution in [0.3, 0.4) is 0 Å². The lowest BCUT2D eigenvalue weighted by atomic mass is 10.1. The Bertz CT molecular complexity index is 429. The molecule has 0 bridgehead atoms. The van der Waals surface area contributed by atoms with Gasteiger partial charge in [-0.2, -0.15) is 0 Å². The van der Waals surface area contributed by atoms with Crippen LogP contribution in [0.5, 0.6) is 0 Å². The van der Waals surface area contributed by atoms with E-state index in [9.17, 15) is 0 Å². The first-order valence-electron chi connectivity index (χ1n) is 5.23. The van der Waals surface area contributed by atoms with Crippen LogP contribution in [0.4, 0.5) is 0 Å². The van der Waals surface area contributed by atoms with Gasteiger partial charge in [-0.15, -0.1) is 0 Å². The molecular weight excluding hydrogens is 184 g/mol. The lowest BCUT2D eigenvalue weighted by Crippen LogP contribution is -2.09. The normalized spacial score (nSPS) is 10.5. The van der Waals surface area contributed by atoms with Gasteiger partial charge < -0.3 is 10.3 Å². The molecule has 0 saturated heterocycles. The molecule has 0 unspecified atom stereocenters. The Kier molecular flexibility index (Phi) is 2.88. The highest BCUT2D eigenvalue weighted by molar-refractivity contribution is 5.63. The van der Waals surface area contributed by atoms with Crippen LogP contribution in [0, 0.1) is 6.92 Å². The van der Waals surface area contributed by atoms with E-state index < -0.39 is 0 Å². The Labute approximate surface area is 90.3 Å². The van der Waals surface area contributed by atoms with E-state index >= 15 is 0 Å². The van der Waals surface area contributed by atoms with Gasteiger partial charge in [0.2, 0.25) is 0 Å². The average molecular weight is 200 g/mol. The lowest BCUT2D eigenvalue weighted by Gasteiger charge is -2.01. The minimum Gasteiger partial charge on any atom is -0.350 e. The molecule has 2 nitrogen and oxygen atoms in total. The Morgan fingerprint density at radius 2 is 1.87 bits per heavy atom. The third kappa shape index (κ3) is 2.10. The Hall–Kier alpha value is -1.54. The van der Waals surface area contributed by atoms with Gasteiger partial charge in [0.25, 0.3) is 0 Å². The molecule has 0 amide bonds. The fourth-order valence-corrected chi connectivity index (χ4v) is 1.78. The van der Waals surface area contributed by atoms with Crippen molar-refractivity contribution in [1.82, 2.24) is 4.57 Å². The van der Waals surface area contributed by atoms with Crippen molar-refractivity contribution in [3.63, 3.8) is 0 Å². The van der Waals surface area contributed by atoms with Gasteiger partial charge in [-0.1, -0.05) is 30.3 Å². The summed E-state index contributed by atoms with van der Waals surface area (Å²) in [5.74, 6) is 0. The van der Waals surface area contributed by atoms with Gasteiger partial charge in [0.15, 0.2) is 0 Å². The van der Waals surface area contributed by atoms with Gasteiger partial charge in [0.05, 0.1) is 0 Å². The molecular formula is C13H16N2. The van der Waals surface area contributed by atoms with Crippen molar-refractivity contribution < 1.29 is 0 Å². The van der Waals surface area contributed by atoms with Crippen LogP contribution in [-0.4, -0.2) is 11.1 Å². The molecule has 0 aliphatic rings. The van der Waals surface area contributed by atoms with E-state index in [0.29, 0.717) is 6.54 Å². The first-order chi connectivity index (χ1) is 7.31. The van der Waals surface area contributed by atoms with Crippen LogP contribution in [0.2, 0.25) is 0 Å². The summed E-state index contributed by atoms with van der Waals surface area (Å²) in [6, 6.07) is 12.6. The van der Waals surface area contributed by atoms with Crippen molar-refractivity contribution in [2.75, 3.05) is 6.54 Å². The van der Waals surface area contributed by atoms with Crippen LogP contribution >= 0.6 is 0 Å². The van der Waals surface area contributed by atoms with Gasteiger partial charge in [0.1, 0.15) is 0 Å². The highest BCUT2D eigenvalue weighted by atomic mass is 15.0. The maximum Gasteiger partial charge on any atom is 0.0345 e. The second kappa shape index (κ2) is 4.32. The molecule has 2 N–H and O–H groups in total. The van der Waals surface area contributed by atoms with E-state index in [2.05, 4.69) is 48.0 Å². The molecule has 1 aromatic heterocycles. The summed E-state index contributed by atoms with van der Waals surface area (Å²) in [5, 5.41) is 0. The molecule has 2 heteroatoms. The molecule has 78 valence electrons. The smallest absolute Gasteiger partial charge is 0.0345 e. The quantitative estimate of drug-likeness (QED) is 0.810. The second-order valence-corrected chi connectivity index (χ2v) is 3.72. The van der Waals surface area contributed by atoms with Gasteiger partial charge >= 0.3 is 0 Å². The first-order valence-corrected chi connectivity index (χ1v) is 5.23. The van der Waals surface area contributed by atoms with E-state index in [1.807, 2.05) is 6.07 Å². The number of aromatic nitrogens is 1. The van der Waals surface area contributed by atoms with Crippen LogP contribution < -0.4 is 5.73 Å². The van der Waals surface area contributed by atoms with Crippen molar-refractivity contribution in [3.05, 3.63) is 48.3 Å². The van der Waals surface area contributed by atoms with Gasteiger partial charge in [-0.05, 0) is 24.1 Å². The number of hydrogen-bond acceptors (Lipinski definition) is 1. The molecule has 15 heavy (non-hydrogen) atoms. The maximum absolute atomic E-state index is 5.56. The molecule has 0 spiro atoms. The zero-order chi connectivity index (χ0) is 10.7. The second-order valence-electron chi connectivity index (χ2n) is 3.72. The summed E-state index contributed by atoms with van der Waals surface area (Å²) in [6.45, 7) is 3.69. The summed E-state index contributed by atoms with van der Waals surface area (Å²) in [4.78, 5) is 0. The summed E-state index contributed by atoms with van der Waals surface area (Å²) in [6.07, 6.45) is 2.16. The third-order valence-electron chi connectivity index (χ3n) is 2.59. The molecule has 0 radical (unpaired) electrons. The topological polar surface area (TPSA) is 30.9 Å². The monoisotopic (exact) mass is 200 g/mol. The highest BCUT2D eigenvalue weighted by Crippen LogP contribution is 2.21. The van der Waals surface area contributed by atoms with E-state index in [-0.39, 0.29) is 0 Å². The lowest BCUT2D eigenvalue weighted by molar-refractivity contribution is 0.694. The molecule has 0 atom stereocenters. The van der Waals surface area contributed by atoms with Gasteiger partial charge in [-0.3, -0.25) is 0 Å². The largest absolute Gasteiger partial charge is 0.350 e. The SMILES string of the molecule is Cc1cc(-c2ccccc2)cn1CCN. The summed E-state index contributed by atoms with van der Waals surface area (Å²) in [5.41, 5.74) is 9.35. The Balaban J connectivity index is 2.34. The molecule has 2 rings (SSSR count). The summed E-state index contributed by atoms with van der Waals surface area (Å²) >= 11 is 0. The van der Waals surface area contributed by atoms with Crippen molar-refractivity contribution >= 4 is 0 Å². The minimum absolute atomic E-state index is 0.684. The first kappa shape index (κ1) is 9.99. The van der Waals surface area contributed by atoms with Crippen LogP contribution in [-0.2, 0) is 6.54 Å². The minimum atomic E-state index is 0.684.